The van der Waals surface area contributed by atoms with Crippen LogP contribution in [0.1, 0.15) is 36.5 Å². The van der Waals surface area contributed by atoms with Crippen molar-refractivity contribution in [2.75, 3.05) is 0 Å². The average Bonchev–Trinajstić information content (AvgIpc) is 2.87. The molecule has 3 aromatic rings. The molecule has 0 unspecified atom stereocenters. The molecule has 0 fully saturated rings. The third kappa shape index (κ3) is 2.59. The van der Waals surface area contributed by atoms with Crippen LogP contribution < -0.4 is 0 Å². The fourth-order valence-electron chi connectivity index (χ4n) is 3.36. The van der Waals surface area contributed by atoms with Crippen molar-refractivity contribution in [3.8, 4) is 6.07 Å². The highest BCUT2D eigenvalue weighted by Gasteiger charge is 2.17. The maximum atomic E-state index is 9.70. The maximum Gasteiger partial charge on any atom is 0.174 e. The molecule has 0 saturated heterocycles. The van der Waals surface area contributed by atoms with Crippen molar-refractivity contribution >= 4 is 22.4 Å². The van der Waals surface area contributed by atoms with Crippen molar-refractivity contribution in [1.82, 2.24) is 14.8 Å². The van der Waals surface area contributed by atoms with Gasteiger partial charge in [-0.1, -0.05) is 48.9 Å². The third-order valence-corrected chi connectivity index (χ3v) is 4.59. The van der Waals surface area contributed by atoms with Crippen LogP contribution >= 0.6 is 0 Å². The third-order valence-electron chi connectivity index (χ3n) is 4.59. The maximum absolute atomic E-state index is 9.70. The summed E-state index contributed by atoms with van der Waals surface area (Å²) >= 11 is 0. The molecule has 4 heteroatoms. The van der Waals surface area contributed by atoms with Gasteiger partial charge >= 0.3 is 0 Å². The summed E-state index contributed by atoms with van der Waals surface area (Å²) in [5, 5.41) is 20.6. The Bertz CT molecular complexity index is 954. The van der Waals surface area contributed by atoms with Crippen molar-refractivity contribution in [3.63, 3.8) is 0 Å². The summed E-state index contributed by atoms with van der Waals surface area (Å²) in [4.78, 5) is 0. The molecule has 1 aliphatic rings. The van der Waals surface area contributed by atoms with Gasteiger partial charge in [0.05, 0.1) is 5.57 Å². The predicted molar refractivity (Wildman–Crippen MR) is 95.0 cm³/mol. The number of benzene rings is 2. The Morgan fingerprint density at radius 3 is 2.83 bits per heavy atom. The Morgan fingerprint density at radius 2 is 1.92 bits per heavy atom. The lowest BCUT2D eigenvalue weighted by Gasteiger charge is -2.07. The second kappa shape index (κ2) is 6.29. The summed E-state index contributed by atoms with van der Waals surface area (Å²) in [6, 6.07) is 16.7. The van der Waals surface area contributed by atoms with Crippen molar-refractivity contribution in [1.29, 1.82) is 5.26 Å². The molecule has 0 spiro atoms. The Morgan fingerprint density at radius 1 is 1.04 bits per heavy atom. The summed E-state index contributed by atoms with van der Waals surface area (Å²) < 4.78 is 2.12. The lowest BCUT2D eigenvalue weighted by molar-refractivity contribution is 0.627. The van der Waals surface area contributed by atoms with Crippen molar-refractivity contribution in [2.45, 2.75) is 32.2 Å². The molecular formula is C20H18N4. The molecule has 0 bridgehead atoms. The minimum Gasteiger partial charge on any atom is -0.310 e. The van der Waals surface area contributed by atoms with E-state index in [1.54, 1.807) is 0 Å². The Kier molecular flexibility index (Phi) is 3.84. The van der Waals surface area contributed by atoms with Gasteiger partial charge in [-0.05, 0) is 35.3 Å². The van der Waals surface area contributed by atoms with Crippen LogP contribution in [0.3, 0.4) is 0 Å². The molecule has 2 heterocycles. The van der Waals surface area contributed by atoms with Gasteiger partial charge in [-0.25, -0.2) is 0 Å². The standard InChI is InChI=1S/C20H18N4/c21-14-17(20-23-22-19-11-2-1-5-12-24(19)20)13-16-9-6-8-15-7-3-4-10-18(15)16/h3-4,6-10,13H,1-2,5,11-12H2/b17-13+. The van der Waals surface area contributed by atoms with Crippen LogP contribution in [0.5, 0.6) is 0 Å². The first-order chi connectivity index (χ1) is 11.9. The molecule has 0 aliphatic carbocycles. The van der Waals surface area contributed by atoms with Gasteiger partial charge in [0.15, 0.2) is 5.82 Å². The summed E-state index contributed by atoms with van der Waals surface area (Å²) in [6.07, 6.45) is 6.35. The number of fused-ring (bicyclic) bond motifs is 2. The zero-order valence-electron chi connectivity index (χ0n) is 13.4. The number of allylic oxidation sites excluding steroid dienone is 1. The molecule has 0 N–H and O–H groups in total. The van der Waals surface area contributed by atoms with Gasteiger partial charge in [0.1, 0.15) is 11.9 Å². The van der Waals surface area contributed by atoms with E-state index >= 15 is 0 Å². The number of rotatable bonds is 2. The smallest absolute Gasteiger partial charge is 0.174 e. The van der Waals surface area contributed by atoms with Gasteiger partial charge in [-0.15, -0.1) is 10.2 Å². The van der Waals surface area contributed by atoms with Crippen LogP contribution in [-0.2, 0) is 13.0 Å². The van der Waals surface area contributed by atoms with Crippen LogP contribution in [0.4, 0.5) is 0 Å². The topological polar surface area (TPSA) is 54.5 Å². The van der Waals surface area contributed by atoms with Crippen molar-refractivity contribution < 1.29 is 0 Å². The zero-order valence-corrected chi connectivity index (χ0v) is 13.4. The number of hydrogen-bond donors (Lipinski definition) is 0. The first-order valence-electron chi connectivity index (χ1n) is 8.39. The minimum absolute atomic E-state index is 0.576. The molecule has 4 nitrogen and oxygen atoms in total. The second-order valence-electron chi connectivity index (χ2n) is 6.14. The molecule has 118 valence electrons. The first kappa shape index (κ1) is 14.6. The predicted octanol–water partition coefficient (Wildman–Crippen LogP) is 4.22. The molecule has 0 radical (unpaired) electrons. The number of nitrogens with zero attached hydrogens (tertiary/aromatic N) is 4. The van der Waals surface area contributed by atoms with Crippen LogP contribution in [0, 0.1) is 11.3 Å². The largest absolute Gasteiger partial charge is 0.310 e. The van der Waals surface area contributed by atoms with Crippen molar-refractivity contribution in [3.05, 3.63) is 59.7 Å². The minimum atomic E-state index is 0.576. The summed E-state index contributed by atoms with van der Waals surface area (Å²) in [5.41, 5.74) is 1.61. The van der Waals surface area contributed by atoms with Gasteiger partial charge < -0.3 is 4.57 Å². The van der Waals surface area contributed by atoms with E-state index in [1.165, 1.54) is 11.8 Å². The van der Waals surface area contributed by atoms with Crippen LogP contribution in [0.25, 0.3) is 22.4 Å². The van der Waals surface area contributed by atoms with E-state index in [1.807, 2.05) is 30.3 Å². The van der Waals surface area contributed by atoms with E-state index in [0.29, 0.717) is 11.4 Å². The summed E-state index contributed by atoms with van der Waals surface area (Å²) in [5.74, 6) is 1.70. The molecule has 24 heavy (non-hydrogen) atoms. The van der Waals surface area contributed by atoms with E-state index in [0.717, 1.165) is 42.6 Å². The van der Waals surface area contributed by atoms with Gasteiger partial charge in [-0.3, -0.25) is 0 Å². The molecule has 1 aromatic heterocycles. The van der Waals surface area contributed by atoms with Gasteiger partial charge in [-0.2, -0.15) is 5.26 Å². The first-order valence-corrected chi connectivity index (χ1v) is 8.39. The molecule has 4 rings (SSSR count). The normalized spacial score (nSPS) is 14.9. The SMILES string of the molecule is N#C/C(=C\c1cccc2ccccc12)c1nnc2n1CCCCC2. The van der Waals surface area contributed by atoms with Gasteiger partial charge in [0.2, 0.25) is 0 Å². The summed E-state index contributed by atoms with van der Waals surface area (Å²) in [7, 11) is 0. The molecule has 0 atom stereocenters. The van der Waals surface area contributed by atoms with Crippen LogP contribution in [0.15, 0.2) is 42.5 Å². The summed E-state index contributed by atoms with van der Waals surface area (Å²) in [6.45, 7) is 0.895. The van der Waals surface area contributed by atoms with Gasteiger partial charge in [0, 0.05) is 13.0 Å². The van der Waals surface area contributed by atoms with Crippen LogP contribution in [-0.4, -0.2) is 14.8 Å². The van der Waals surface area contributed by atoms with Crippen LogP contribution in [0.2, 0.25) is 0 Å². The Hall–Kier alpha value is -2.93. The quantitative estimate of drug-likeness (QED) is 0.665. The molecular weight excluding hydrogens is 296 g/mol. The number of aromatic nitrogens is 3. The van der Waals surface area contributed by atoms with Crippen molar-refractivity contribution in [2.24, 2.45) is 0 Å². The second-order valence-corrected chi connectivity index (χ2v) is 6.14. The van der Waals surface area contributed by atoms with E-state index < -0.39 is 0 Å². The highest BCUT2D eigenvalue weighted by Crippen LogP contribution is 2.25. The fourth-order valence-corrected chi connectivity index (χ4v) is 3.36. The Balaban J connectivity index is 1.83. The lowest BCUT2D eigenvalue weighted by atomic mass is 10.0. The molecule has 0 amide bonds. The lowest BCUT2D eigenvalue weighted by Crippen LogP contribution is -2.05. The average molecular weight is 314 g/mol. The highest BCUT2D eigenvalue weighted by atomic mass is 15.3. The number of aryl methyl sites for hydroxylation is 1. The Labute approximate surface area is 141 Å². The van der Waals surface area contributed by atoms with E-state index in [9.17, 15) is 5.26 Å². The molecule has 0 saturated carbocycles. The molecule has 1 aliphatic heterocycles. The monoisotopic (exact) mass is 314 g/mol. The van der Waals surface area contributed by atoms with E-state index in [-0.39, 0.29) is 0 Å². The zero-order chi connectivity index (χ0) is 16.4. The fraction of sp³-hybridized carbons (Fsp3) is 0.250. The highest BCUT2D eigenvalue weighted by molar-refractivity contribution is 5.97. The number of hydrogen-bond acceptors (Lipinski definition) is 3. The van der Waals surface area contributed by atoms with E-state index in [4.69, 9.17) is 0 Å². The number of nitriles is 1. The van der Waals surface area contributed by atoms with Gasteiger partial charge in [0.25, 0.3) is 0 Å². The van der Waals surface area contributed by atoms with E-state index in [2.05, 4.69) is 39.0 Å². The molecule has 2 aromatic carbocycles.